The van der Waals surface area contributed by atoms with E-state index in [1.165, 1.54) is 5.56 Å². The molecular weight excluding hydrogens is 436 g/mol. The Balaban J connectivity index is 1.78. The molecule has 5 nitrogen and oxygen atoms in total. The zero-order chi connectivity index (χ0) is 25.1. The zero-order valence-electron chi connectivity index (χ0n) is 21.4. The third-order valence-corrected chi connectivity index (χ3v) is 7.02. The van der Waals surface area contributed by atoms with E-state index in [-0.39, 0.29) is 23.8 Å². The maximum Gasteiger partial charge on any atom is 0.337 e. The minimum absolute atomic E-state index is 0.0905. The smallest absolute Gasteiger partial charge is 0.337 e. The van der Waals surface area contributed by atoms with Crippen molar-refractivity contribution in [1.29, 1.82) is 0 Å². The summed E-state index contributed by atoms with van der Waals surface area (Å²) in [5.74, 6) is -0.592. The molecular formula is C30H36N2O3. The average Bonchev–Trinajstić information content (AvgIpc) is 2.84. The number of nitrogens with zero attached hydrogens (tertiary/aromatic N) is 1. The lowest BCUT2D eigenvalue weighted by Gasteiger charge is -2.37. The number of esters is 1. The van der Waals surface area contributed by atoms with Crippen LogP contribution in [0.5, 0.6) is 0 Å². The molecule has 4 rings (SSSR count). The van der Waals surface area contributed by atoms with Gasteiger partial charge in [0.15, 0.2) is 5.78 Å². The summed E-state index contributed by atoms with van der Waals surface area (Å²) in [7, 11) is 0. The molecule has 0 saturated heterocycles. The van der Waals surface area contributed by atoms with Gasteiger partial charge < -0.3 is 15.0 Å². The van der Waals surface area contributed by atoms with Crippen LogP contribution in [-0.2, 0) is 14.3 Å². The van der Waals surface area contributed by atoms with E-state index in [9.17, 15) is 9.59 Å². The van der Waals surface area contributed by atoms with Crippen LogP contribution in [0, 0.1) is 0 Å². The fraction of sp³-hybridized carbons (Fsp3) is 0.400. The molecule has 0 radical (unpaired) electrons. The Hall–Kier alpha value is -3.34. The lowest BCUT2D eigenvalue weighted by Crippen LogP contribution is -2.36. The van der Waals surface area contributed by atoms with Crippen LogP contribution in [0.15, 0.2) is 77.1 Å². The quantitative estimate of drug-likeness (QED) is 0.513. The molecule has 0 spiro atoms. The lowest BCUT2D eigenvalue weighted by atomic mass is 9.71. The van der Waals surface area contributed by atoms with Crippen LogP contribution in [0.4, 0.5) is 5.69 Å². The van der Waals surface area contributed by atoms with Crippen molar-refractivity contribution in [2.24, 2.45) is 0 Å². The van der Waals surface area contributed by atoms with Gasteiger partial charge in [0.05, 0.1) is 11.7 Å². The van der Waals surface area contributed by atoms with E-state index in [4.69, 9.17) is 4.74 Å². The predicted molar refractivity (Wildman–Crippen MR) is 140 cm³/mol. The van der Waals surface area contributed by atoms with Gasteiger partial charge in [-0.1, -0.05) is 42.5 Å². The van der Waals surface area contributed by atoms with Crippen molar-refractivity contribution in [2.75, 3.05) is 18.0 Å². The number of allylic oxidation sites excluding steroid dienone is 3. The summed E-state index contributed by atoms with van der Waals surface area (Å²) in [4.78, 5) is 29.2. The normalized spacial score (nSPS) is 20.0. The number of nitrogens with one attached hydrogen (secondary N) is 1. The molecule has 1 heterocycles. The molecule has 184 valence electrons. The number of hydrogen-bond acceptors (Lipinski definition) is 5. The summed E-state index contributed by atoms with van der Waals surface area (Å²) >= 11 is 0. The minimum atomic E-state index is -0.438. The van der Waals surface area contributed by atoms with Crippen LogP contribution < -0.4 is 10.2 Å². The summed E-state index contributed by atoms with van der Waals surface area (Å²) in [6, 6.07) is 18.5. The number of rotatable bonds is 7. The molecule has 1 aliphatic carbocycles. The first-order valence-corrected chi connectivity index (χ1v) is 12.7. The Morgan fingerprint density at radius 3 is 2.26 bits per heavy atom. The van der Waals surface area contributed by atoms with Gasteiger partial charge in [0, 0.05) is 48.1 Å². The molecule has 1 aliphatic heterocycles. The van der Waals surface area contributed by atoms with Gasteiger partial charge >= 0.3 is 5.97 Å². The summed E-state index contributed by atoms with van der Waals surface area (Å²) < 4.78 is 5.64. The summed E-state index contributed by atoms with van der Waals surface area (Å²) in [5, 5.41) is 3.43. The molecule has 35 heavy (non-hydrogen) atoms. The number of benzene rings is 2. The van der Waals surface area contributed by atoms with Gasteiger partial charge in [-0.25, -0.2) is 4.79 Å². The van der Waals surface area contributed by atoms with Crippen molar-refractivity contribution in [3.05, 3.63) is 88.3 Å². The zero-order valence-corrected chi connectivity index (χ0v) is 21.4. The van der Waals surface area contributed by atoms with E-state index in [0.29, 0.717) is 17.6 Å². The minimum Gasteiger partial charge on any atom is -0.460 e. The summed E-state index contributed by atoms with van der Waals surface area (Å²) in [6.07, 6.45) is 0.931. The monoisotopic (exact) mass is 472 g/mol. The number of carbonyl (C=O) groups excluding carboxylic acids is 2. The van der Waals surface area contributed by atoms with Crippen molar-refractivity contribution in [1.82, 2.24) is 5.32 Å². The predicted octanol–water partition coefficient (Wildman–Crippen LogP) is 5.85. The van der Waals surface area contributed by atoms with Gasteiger partial charge in [0.25, 0.3) is 0 Å². The van der Waals surface area contributed by atoms with Gasteiger partial charge in [-0.2, -0.15) is 0 Å². The average molecular weight is 473 g/mol. The highest BCUT2D eigenvalue weighted by molar-refractivity contribution is 6.04. The standard InChI is InChI=1S/C30H36N2O3/c1-6-32(7-2)24-15-13-22(14-16-24)28-27(30(34)35-19(3)4)20(5)31-25-17-23(18-26(33)29(25)28)21-11-9-8-10-12-21/h8-16,19,23,28,31H,6-7,17-18H2,1-5H3/t23-,28-/m0/s1. The highest BCUT2D eigenvalue weighted by atomic mass is 16.5. The first-order chi connectivity index (χ1) is 16.8. The van der Waals surface area contributed by atoms with Crippen LogP contribution >= 0.6 is 0 Å². The van der Waals surface area contributed by atoms with Crippen LogP contribution in [0.2, 0.25) is 0 Å². The molecule has 2 aliphatic rings. The van der Waals surface area contributed by atoms with Gasteiger partial charge in [-0.3, -0.25) is 4.79 Å². The fourth-order valence-electron chi connectivity index (χ4n) is 5.35. The maximum atomic E-state index is 13.7. The van der Waals surface area contributed by atoms with E-state index in [1.54, 1.807) is 0 Å². The Bertz CT molecular complexity index is 1140. The molecule has 0 aromatic heterocycles. The third kappa shape index (κ3) is 5.04. The number of carbonyl (C=O) groups is 2. The van der Waals surface area contributed by atoms with E-state index in [0.717, 1.165) is 42.2 Å². The van der Waals surface area contributed by atoms with Crippen LogP contribution in [0.25, 0.3) is 0 Å². The molecule has 1 N–H and O–H groups in total. The first kappa shape index (κ1) is 24.8. The molecule has 0 bridgehead atoms. The molecule has 0 unspecified atom stereocenters. The Morgan fingerprint density at radius 1 is 1.00 bits per heavy atom. The number of Topliss-reactive ketones (excluding diaryl/α,β-unsaturated/α-hetero) is 1. The van der Waals surface area contributed by atoms with Gasteiger partial charge in [0.2, 0.25) is 0 Å². The number of hydrogen-bond donors (Lipinski definition) is 1. The van der Waals surface area contributed by atoms with Crippen molar-refractivity contribution >= 4 is 17.4 Å². The maximum absolute atomic E-state index is 13.7. The van der Waals surface area contributed by atoms with Crippen molar-refractivity contribution in [3.8, 4) is 0 Å². The van der Waals surface area contributed by atoms with E-state index >= 15 is 0 Å². The van der Waals surface area contributed by atoms with Gasteiger partial charge in [-0.15, -0.1) is 0 Å². The number of anilines is 1. The first-order valence-electron chi connectivity index (χ1n) is 12.7. The fourth-order valence-corrected chi connectivity index (χ4v) is 5.35. The summed E-state index contributed by atoms with van der Waals surface area (Å²) in [6.45, 7) is 11.7. The molecule has 0 amide bonds. The largest absolute Gasteiger partial charge is 0.460 e. The second kappa shape index (κ2) is 10.5. The highest BCUT2D eigenvalue weighted by Gasteiger charge is 2.41. The van der Waals surface area contributed by atoms with Gasteiger partial charge in [-0.05, 0) is 70.2 Å². The van der Waals surface area contributed by atoms with E-state index < -0.39 is 5.92 Å². The highest BCUT2D eigenvalue weighted by Crippen LogP contribution is 2.46. The second-order valence-electron chi connectivity index (χ2n) is 9.65. The van der Waals surface area contributed by atoms with Crippen LogP contribution in [0.3, 0.4) is 0 Å². The van der Waals surface area contributed by atoms with E-state index in [1.807, 2.05) is 39.0 Å². The SMILES string of the molecule is CCN(CC)c1ccc([C@H]2C(C(=O)OC(C)C)=C(C)NC3=C2C(=O)C[C@@H](c2ccccc2)C3)cc1. The Labute approximate surface area is 208 Å². The Kier molecular flexibility index (Phi) is 7.44. The summed E-state index contributed by atoms with van der Waals surface area (Å²) in [5.41, 5.74) is 6.15. The number of ketones is 1. The molecule has 0 fully saturated rings. The van der Waals surface area contributed by atoms with Gasteiger partial charge in [0.1, 0.15) is 0 Å². The molecule has 2 aromatic carbocycles. The number of dihydropyridines is 1. The van der Waals surface area contributed by atoms with Crippen LogP contribution in [-0.4, -0.2) is 30.9 Å². The Morgan fingerprint density at radius 2 is 1.66 bits per heavy atom. The number of ether oxygens (including phenoxy) is 1. The molecule has 5 heteroatoms. The molecule has 2 aromatic rings. The molecule has 2 atom stereocenters. The van der Waals surface area contributed by atoms with Crippen LogP contribution in [0.1, 0.15) is 70.4 Å². The van der Waals surface area contributed by atoms with E-state index in [2.05, 4.69) is 60.5 Å². The topological polar surface area (TPSA) is 58.6 Å². The van der Waals surface area contributed by atoms with Crippen molar-refractivity contribution in [2.45, 2.75) is 65.4 Å². The second-order valence-corrected chi connectivity index (χ2v) is 9.65. The molecule has 0 saturated carbocycles. The van der Waals surface area contributed by atoms with Crippen molar-refractivity contribution in [3.63, 3.8) is 0 Å². The third-order valence-electron chi connectivity index (χ3n) is 7.02. The lowest BCUT2D eigenvalue weighted by molar-refractivity contribution is -0.143. The van der Waals surface area contributed by atoms with Crippen molar-refractivity contribution < 1.29 is 14.3 Å².